The monoisotopic (exact) mass is 338 g/mol. The number of aromatic amines is 1. The van der Waals surface area contributed by atoms with Crippen molar-refractivity contribution in [2.75, 3.05) is 0 Å². The number of hydrogen-bond acceptors (Lipinski definition) is 5. The molecular weight excluding hydrogens is 324 g/mol. The molecule has 0 unspecified atom stereocenters. The summed E-state index contributed by atoms with van der Waals surface area (Å²) in [5.41, 5.74) is 2.86. The van der Waals surface area contributed by atoms with E-state index >= 15 is 0 Å². The zero-order valence-corrected chi connectivity index (χ0v) is 13.0. The number of carboxylic acids is 1. The second-order valence-corrected chi connectivity index (χ2v) is 5.75. The van der Waals surface area contributed by atoms with Gasteiger partial charge in [-0.1, -0.05) is 6.07 Å². The van der Waals surface area contributed by atoms with Gasteiger partial charge >= 0.3 is 5.97 Å². The summed E-state index contributed by atoms with van der Waals surface area (Å²) in [5.74, 6) is -0.329. The molecule has 3 N–H and O–H groups in total. The van der Waals surface area contributed by atoms with E-state index in [1.165, 1.54) is 18.0 Å². The van der Waals surface area contributed by atoms with Crippen LogP contribution in [0.1, 0.15) is 33.9 Å². The molecule has 0 saturated carbocycles. The SMILES string of the molecule is O=CN[C@@H]1CCc2ccc(Oc3cnc4[nH]cc(C(=O)O)c4n3)cc21. The molecule has 1 aromatic carbocycles. The van der Waals surface area contributed by atoms with Crippen molar-refractivity contribution in [3.63, 3.8) is 0 Å². The Bertz CT molecular complexity index is 982. The van der Waals surface area contributed by atoms with Gasteiger partial charge in [0.15, 0.2) is 5.65 Å². The minimum Gasteiger partial charge on any atom is -0.478 e. The van der Waals surface area contributed by atoms with Gasteiger partial charge < -0.3 is 20.1 Å². The van der Waals surface area contributed by atoms with Gasteiger partial charge in [0.1, 0.15) is 16.8 Å². The van der Waals surface area contributed by atoms with Crippen molar-refractivity contribution >= 4 is 23.5 Å². The molecule has 0 aliphatic heterocycles. The van der Waals surface area contributed by atoms with Crippen LogP contribution in [-0.2, 0) is 11.2 Å². The summed E-state index contributed by atoms with van der Waals surface area (Å²) in [6.45, 7) is 0. The second kappa shape index (κ2) is 5.90. The molecule has 1 aliphatic rings. The molecule has 0 saturated heterocycles. The van der Waals surface area contributed by atoms with Crippen LogP contribution in [0.15, 0.2) is 30.6 Å². The highest BCUT2D eigenvalue weighted by molar-refractivity contribution is 6.00. The van der Waals surface area contributed by atoms with Gasteiger partial charge in [0, 0.05) is 6.20 Å². The molecule has 2 heterocycles. The first-order chi connectivity index (χ1) is 12.2. The molecule has 1 aliphatic carbocycles. The van der Waals surface area contributed by atoms with Crippen molar-refractivity contribution in [3.8, 4) is 11.6 Å². The molecule has 126 valence electrons. The van der Waals surface area contributed by atoms with Crippen LogP contribution in [0, 0.1) is 0 Å². The average Bonchev–Trinajstić information content (AvgIpc) is 3.19. The van der Waals surface area contributed by atoms with Gasteiger partial charge in [0.2, 0.25) is 12.3 Å². The van der Waals surface area contributed by atoms with E-state index in [9.17, 15) is 14.7 Å². The fourth-order valence-corrected chi connectivity index (χ4v) is 3.11. The number of nitrogens with zero attached hydrogens (tertiary/aromatic N) is 2. The Morgan fingerprint density at radius 2 is 2.32 bits per heavy atom. The van der Waals surface area contributed by atoms with E-state index in [1.807, 2.05) is 18.2 Å². The van der Waals surface area contributed by atoms with Gasteiger partial charge in [-0.05, 0) is 36.1 Å². The summed E-state index contributed by atoms with van der Waals surface area (Å²) in [6.07, 6.45) is 5.24. The summed E-state index contributed by atoms with van der Waals surface area (Å²) >= 11 is 0. The quantitative estimate of drug-likeness (QED) is 0.614. The molecule has 4 rings (SSSR count). The fourth-order valence-electron chi connectivity index (χ4n) is 3.11. The Balaban J connectivity index is 1.65. The molecule has 0 spiro atoms. The fraction of sp³-hybridized carbons (Fsp3) is 0.176. The number of aryl methyl sites for hydroxylation is 1. The number of fused-ring (bicyclic) bond motifs is 2. The summed E-state index contributed by atoms with van der Waals surface area (Å²) in [6, 6.07) is 5.63. The first-order valence-electron chi connectivity index (χ1n) is 7.73. The lowest BCUT2D eigenvalue weighted by atomic mass is 10.1. The number of nitrogens with one attached hydrogen (secondary N) is 2. The van der Waals surface area contributed by atoms with Gasteiger partial charge in [0.25, 0.3) is 0 Å². The number of hydrogen-bond donors (Lipinski definition) is 3. The molecule has 8 heteroatoms. The number of H-pyrrole nitrogens is 1. The van der Waals surface area contributed by atoms with Crippen LogP contribution >= 0.6 is 0 Å². The van der Waals surface area contributed by atoms with Gasteiger partial charge in [-0.3, -0.25) is 4.79 Å². The van der Waals surface area contributed by atoms with Crippen LogP contribution in [-0.4, -0.2) is 32.4 Å². The maximum Gasteiger partial charge on any atom is 0.339 e. The van der Waals surface area contributed by atoms with E-state index in [2.05, 4.69) is 20.3 Å². The average molecular weight is 338 g/mol. The number of aromatic nitrogens is 3. The standard InChI is InChI=1S/C17H14N4O4/c22-8-20-13-4-2-9-1-3-10(5-11(9)13)25-14-7-19-16-15(21-14)12(6-18-16)17(23)24/h1,3,5-8,13H,2,4H2,(H,18,19)(H,20,22)(H,23,24)/t13-/m1/s1. The third-order valence-corrected chi connectivity index (χ3v) is 4.28. The lowest BCUT2D eigenvalue weighted by Crippen LogP contribution is -2.16. The third-order valence-electron chi connectivity index (χ3n) is 4.28. The number of ether oxygens (including phenoxy) is 1. The van der Waals surface area contributed by atoms with Crippen LogP contribution < -0.4 is 10.1 Å². The second-order valence-electron chi connectivity index (χ2n) is 5.75. The van der Waals surface area contributed by atoms with Crippen LogP contribution in [0.5, 0.6) is 11.6 Å². The molecule has 0 radical (unpaired) electrons. The molecule has 8 nitrogen and oxygen atoms in total. The van der Waals surface area contributed by atoms with E-state index in [0.29, 0.717) is 17.8 Å². The van der Waals surface area contributed by atoms with Crippen molar-refractivity contribution in [1.29, 1.82) is 0 Å². The van der Waals surface area contributed by atoms with Crippen molar-refractivity contribution in [1.82, 2.24) is 20.3 Å². The number of carbonyl (C=O) groups excluding carboxylic acids is 1. The molecular formula is C17H14N4O4. The van der Waals surface area contributed by atoms with Crippen molar-refractivity contribution < 1.29 is 19.4 Å². The predicted molar refractivity (Wildman–Crippen MR) is 87.6 cm³/mol. The zero-order valence-electron chi connectivity index (χ0n) is 13.0. The van der Waals surface area contributed by atoms with Crippen LogP contribution in [0.25, 0.3) is 11.2 Å². The minimum absolute atomic E-state index is 0.0205. The first-order valence-corrected chi connectivity index (χ1v) is 7.73. The molecule has 1 atom stereocenters. The van der Waals surface area contributed by atoms with Gasteiger partial charge in [-0.25, -0.2) is 14.8 Å². The maximum atomic E-state index is 11.2. The van der Waals surface area contributed by atoms with Crippen LogP contribution in [0.4, 0.5) is 0 Å². The van der Waals surface area contributed by atoms with E-state index in [-0.39, 0.29) is 23.0 Å². The Kier molecular flexibility index (Phi) is 3.57. The highest BCUT2D eigenvalue weighted by Crippen LogP contribution is 2.34. The van der Waals surface area contributed by atoms with Crippen molar-refractivity contribution in [3.05, 3.63) is 47.3 Å². The number of carboxylic acid groups (broad SMARTS) is 1. The minimum atomic E-state index is -1.09. The van der Waals surface area contributed by atoms with E-state index in [4.69, 9.17) is 4.74 Å². The largest absolute Gasteiger partial charge is 0.478 e. The van der Waals surface area contributed by atoms with Crippen LogP contribution in [0.2, 0.25) is 0 Å². The molecule has 0 fully saturated rings. The summed E-state index contributed by atoms with van der Waals surface area (Å²) in [4.78, 5) is 33.1. The lowest BCUT2D eigenvalue weighted by molar-refractivity contribution is -0.110. The Morgan fingerprint density at radius 1 is 1.44 bits per heavy atom. The predicted octanol–water partition coefficient (Wildman–Crippen LogP) is 2.18. The smallest absolute Gasteiger partial charge is 0.339 e. The molecule has 2 aromatic heterocycles. The van der Waals surface area contributed by atoms with Crippen molar-refractivity contribution in [2.24, 2.45) is 0 Å². The third kappa shape index (κ3) is 2.67. The van der Waals surface area contributed by atoms with E-state index in [0.717, 1.165) is 18.4 Å². The highest BCUT2D eigenvalue weighted by atomic mass is 16.5. The van der Waals surface area contributed by atoms with Crippen molar-refractivity contribution in [2.45, 2.75) is 18.9 Å². The first kappa shape index (κ1) is 15.1. The summed E-state index contributed by atoms with van der Waals surface area (Å²) in [7, 11) is 0. The Hall–Kier alpha value is -3.42. The topological polar surface area (TPSA) is 117 Å². The highest BCUT2D eigenvalue weighted by Gasteiger charge is 2.22. The summed E-state index contributed by atoms with van der Waals surface area (Å²) < 4.78 is 5.75. The zero-order chi connectivity index (χ0) is 17.4. The molecule has 3 aromatic rings. The summed E-state index contributed by atoms with van der Waals surface area (Å²) in [5, 5.41) is 12.0. The van der Waals surface area contributed by atoms with E-state index < -0.39 is 5.97 Å². The molecule has 1 amide bonds. The number of aromatic carboxylic acids is 1. The van der Waals surface area contributed by atoms with Gasteiger partial charge in [-0.15, -0.1) is 0 Å². The van der Waals surface area contributed by atoms with Gasteiger partial charge in [0.05, 0.1) is 12.2 Å². The Morgan fingerprint density at radius 3 is 3.12 bits per heavy atom. The maximum absolute atomic E-state index is 11.2. The normalized spacial score (nSPS) is 15.8. The lowest BCUT2D eigenvalue weighted by Gasteiger charge is -2.12. The number of benzene rings is 1. The molecule has 25 heavy (non-hydrogen) atoms. The number of rotatable bonds is 5. The molecule has 0 bridgehead atoms. The van der Waals surface area contributed by atoms with E-state index in [1.54, 1.807) is 0 Å². The number of carbonyl (C=O) groups is 2. The van der Waals surface area contributed by atoms with Gasteiger partial charge in [-0.2, -0.15) is 0 Å². The Labute approximate surface area is 141 Å². The van der Waals surface area contributed by atoms with Crippen LogP contribution in [0.3, 0.4) is 0 Å². The number of amides is 1.